The number of aromatic hydroxyl groups is 1. The lowest BCUT2D eigenvalue weighted by molar-refractivity contribution is -0.113. The molecule has 0 spiro atoms. The van der Waals surface area contributed by atoms with Gasteiger partial charge in [-0.3, -0.25) is 14.2 Å². The summed E-state index contributed by atoms with van der Waals surface area (Å²) in [6.07, 6.45) is 0. The average molecular weight is 402 g/mol. The molecule has 6 nitrogen and oxygen atoms in total. The van der Waals surface area contributed by atoms with Gasteiger partial charge in [0.25, 0.3) is 5.56 Å². The van der Waals surface area contributed by atoms with E-state index in [1.807, 2.05) is 19.1 Å². The molecule has 2 aromatic carbocycles. The Bertz CT molecular complexity index is 1020. The molecule has 1 amide bonds. The Morgan fingerprint density at radius 2 is 1.85 bits per heavy atom. The highest BCUT2D eigenvalue weighted by atomic mass is 35.5. The predicted molar refractivity (Wildman–Crippen MR) is 107 cm³/mol. The topological polar surface area (TPSA) is 84.2 Å². The van der Waals surface area contributed by atoms with Crippen molar-refractivity contribution in [2.75, 3.05) is 11.1 Å². The highest BCUT2D eigenvalue weighted by Gasteiger charge is 2.13. The van der Waals surface area contributed by atoms with Crippen molar-refractivity contribution in [3.63, 3.8) is 0 Å². The minimum atomic E-state index is -0.424. The smallest absolute Gasteiger partial charge is 0.262 e. The Balaban J connectivity index is 1.79. The Hall–Kier alpha value is -2.77. The van der Waals surface area contributed by atoms with E-state index in [-0.39, 0.29) is 22.7 Å². The van der Waals surface area contributed by atoms with Gasteiger partial charge in [-0.25, -0.2) is 0 Å². The lowest BCUT2D eigenvalue weighted by Crippen LogP contribution is -2.21. The molecule has 1 aromatic heterocycles. The molecule has 27 heavy (non-hydrogen) atoms. The molecule has 0 saturated heterocycles. The van der Waals surface area contributed by atoms with Crippen LogP contribution in [-0.2, 0) is 4.79 Å². The second-order valence-corrected chi connectivity index (χ2v) is 7.13. The molecular weight excluding hydrogens is 386 g/mol. The minimum Gasteiger partial charge on any atom is -0.493 e. The van der Waals surface area contributed by atoms with Crippen molar-refractivity contribution >= 4 is 35.0 Å². The van der Waals surface area contributed by atoms with Gasteiger partial charge in [-0.1, -0.05) is 41.1 Å². The van der Waals surface area contributed by atoms with Gasteiger partial charge in [0.05, 0.1) is 17.5 Å². The highest BCUT2D eigenvalue weighted by Crippen LogP contribution is 2.21. The molecule has 0 atom stereocenters. The van der Waals surface area contributed by atoms with Gasteiger partial charge < -0.3 is 10.4 Å². The molecule has 0 aliphatic rings. The molecule has 0 aliphatic carbocycles. The van der Waals surface area contributed by atoms with Crippen LogP contribution in [0.1, 0.15) is 5.56 Å². The Morgan fingerprint density at radius 3 is 2.52 bits per heavy atom. The third-order valence-corrected chi connectivity index (χ3v) is 4.82. The molecule has 0 radical (unpaired) electrons. The summed E-state index contributed by atoms with van der Waals surface area (Å²) in [5, 5.41) is 13.2. The van der Waals surface area contributed by atoms with Crippen LogP contribution in [0, 0.1) is 6.92 Å². The number of hydrogen-bond acceptors (Lipinski definition) is 5. The summed E-state index contributed by atoms with van der Waals surface area (Å²) in [6.45, 7) is 1.94. The van der Waals surface area contributed by atoms with Crippen LogP contribution in [0.5, 0.6) is 5.88 Å². The summed E-state index contributed by atoms with van der Waals surface area (Å²) in [4.78, 5) is 28.5. The van der Waals surface area contributed by atoms with Gasteiger partial charge in [0.2, 0.25) is 11.8 Å². The Labute approximate surface area is 164 Å². The zero-order valence-corrected chi connectivity index (χ0v) is 15.9. The van der Waals surface area contributed by atoms with Crippen LogP contribution >= 0.6 is 23.4 Å². The molecule has 1 heterocycles. The largest absolute Gasteiger partial charge is 0.493 e. The summed E-state index contributed by atoms with van der Waals surface area (Å²) in [5.74, 6) is -0.635. The monoisotopic (exact) mass is 401 g/mol. The molecule has 0 bridgehead atoms. The van der Waals surface area contributed by atoms with Crippen molar-refractivity contribution in [3.05, 3.63) is 75.5 Å². The van der Waals surface area contributed by atoms with Crippen molar-refractivity contribution in [3.8, 4) is 11.6 Å². The molecule has 0 fully saturated rings. The van der Waals surface area contributed by atoms with Crippen molar-refractivity contribution < 1.29 is 9.90 Å². The van der Waals surface area contributed by atoms with Gasteiger partial charge in [-0.05, 0) is 43.3 Å². The van der Waals surface area contributed by atoms with Crippen molar-refractivity contribution in [1.29, 1.82) is 0 Å². The lowest BCUT2D eigenvalue weighted by atomic mass is 10.2. The van der Waals surface area contributed by atoms with E-state index in [0.29, 0.717) is 16.4 Å². The van der Waals surface area contributed by atoms with E-state index in [1.165, 1.54) is 4.57 Å². The van der Waals surface area contributed by atoms with Gasteiger partial charge in [-0.2, -0.15) is 4.98 Å². The van der Waals surface area contributed by atoms with Crippen LogP contribution in [-0.4, -0.2) is 26.3 Å². The summed E-state index contributed by atoms with van der Waals surface area (Å²) in [5.41, 5.74) is 1.85. The summed E-state index contributed by atoms with van der Waals surface area (Å²) in [6, 6.07) is 15.1. The molecule has 2 N–H and O–H groups in total. The van der Waals surface area contributed by atoms with E-state index in [4.69, 9.17) is 11.6 Å². The van der Waals surface area contributed by atoms with Crippen LogP contribution in [0.3, 0.4) is 0 Å². The van der Waals surface area contributed by atoms with E-state index in [9.17, 15) is 14.7 Å². The Morgan fingerprint density at radius 1 is 1.19 bits per heavy atom. The number of nitrogens with zero attached hydrogens (tertiary/aromatic N) is 2. The van der Waals surface area contributed by atoms with Crippen LogP contribution in [0.25, 0.3) is 5.69 Å². The SMILES string of the molecule is Cc1ccc(-n2c(SCC(=O)Nc3ccc(Cl)cc3)nc(O)cc2=O)cc1. The predicted octanol–water partition coefficient (Wildman–Crippen LogP) is 3.63. The number of amides is 1. The number of aryl methyl sites for hydroxylation is 1. The van der Waals surface area contributed by atoms with Crippen molar-refractivity contribution in [1.82, 2.24) is 9.55 Å². The Kier molecular flexibility index (Phi) is 5.83. The molecule has 3 rings (SSSR count). The summed E-state index contributed by atoms with van der Waals surface area (Å²) < 4.78 is 1.36. The quantitative estimate of drug-likeness (QED) is 0.503. The number of carbonyl (C=O) groups excluding carboxylic acids is 1. The zero-order valence-electron chi connectivity index (χ0n) is 14.3. The van der Waals surface area contributed by atoms with E-state index in [2.05, 4.69) is 10.3 Å². The van der Waals surface area contributed by atoms with Crippen LogP contribution in [0.4, 0.5) is 5.69 Å². The normalized spacial score (nSPS) is 10.6. The summed E-state index contributed by atoms with van der Waals surface area (Å²) >= 11 is 6.88. The maximum Gasteiger partial charge on any atom is 0.262 e. The maximum absolute atomic E-state index is 12.4. The molecule has 0 saturated carbocycles. The minimum absolute atomic E-state index is 0.0182. The number of nitrogens with one attached hydrogen (secondary N) is 1. The number of hydrogen-bond donors (Lipinski definition) is 2. The second-order valence-electron chi connectivity index (χ2n) is 5.75. The van der Waals surface area contributed by atoms with Gasteiger partial charge in [-0.15, -0.1) is 0 Å². The second kappa shape index (κ2) is 8.28. The first-order valence-electron chi connectivity index (χ1n) is 8.01. The van der Waals surface area contributed by atoms with Gasteiger partial charge in [0, 0.05) is 10.7 Å². The lowest BCUT2D eigenvalue weighted by Gasteiger charge is -2.12. The molecule has 0 aliphatic heterocycles. The fourth-order valence-electron chi connectivity index (χ4n) is 2.34. The molecule has 0 unspecified atom stereocenters. The molecule has 3 aromatic rings. The number of rotatable bonds is 5. The van der Waals surface area contributed by atoms with Gasteiger partial charge in [0.1, 0.15) is 0 Å². The number of benzene rings is 2. The number of anilines is 1. The van der Waals surface area contributed by atoms with Crippen molar-refractivity contribution in [2.45, 2.75) is 12.1 Å². The molecule has 8 heteroatoms. The third-order valence-electron chi connectivity index (χ3n) is 3.63. The summed E-state index contributed by atoms with van der Waals surface area (Å²) in [7, 11) is 0. The van der Waals surface area contributed by atoms with Crippen LogP contribution in [0.15, 0.2) is 64.5 Å². The number of thioether (sulfide) groups is 1. The number of carbonyl (C=O) groups is 1. The van der Waals surface area contributed by atoms with Crippen LogP contribution in [0.2, 0.25) is 5.02 Å². The van der Waals surface area contributed by atoms with E-state index in [1.54, 1.807) is 36.4 Å². The maximum atomic E-state index is 12.4. The molecular formula is C19H16ClN3O3S. The first-order chi connectivity index (χ1) is 12.9. The molecule has 138 valence electrons. The van der Waals surface area contributed by atoms with E-state index in [0.717, 1.165) is 23.4 Å². The third kappa shape index (κ3) is 4.90. The van der Waals surface area contributed by atoms with E-state index >= 15 is 0 Å². The van der Waals surface area contributed by atoms with Gasteiger partial charge >= 0.3 is 0 Å². The number of halogens is 1. The standard InChI is InChI=1S/C19H16ClN3O3S/c1-12-2-8-15(9-3-12)23-18(26)10-16(24)22-19(23)27-11-17(25)21-14-6-4-13(20)5-7-14/h2-10,24H,11H2,1H3,(H,21,25). The van der Waals surface area contributed by atoms with Crippen molar-refractivity contribution in [2.24, 2.45) is 0 Å². The van der Waals surface area contributed by atoms with Gasteiger partial charge in [0.15, 0.2) is 5.16 Å². The number of aromatic nitrogens is 2. The highest BCUT2D eigenvalue weighted by molar-refractivity contribution is 7.99. The van der Waals surface area contributed by atoms with E-state index < -0.39 is 5.56 Å². The fraction of sp³-hybridized carbons (Fsp3) is 0.105. The zero-order chi connectivity index (χ0) is 19.4. The first kappa shape index (κ1) is 19.0. The average Bonchev–Trinajstić information content (AvgIpc) is 2.63. The first-order valence-corrected chi connectivity index (χ1v) is 9.37. The fourth-order valence-corrected chi connectivity index (χ4v) is 3.28. The van der Waals surface area contributed by atoms with Crippen LogP contribution < -0.4 is 10.9 Å².